The average Bonchev–Trinajstić information content (AvgIpc) is 3.33. The summed E-state index contributed by atoms with van der Waals surface area (Å²) in [6.07, 6.45) is -7.65. The molecule has 1 N–H and O–H groups in total. The van der Waals surface area contributed by atoms with E-state index < -0.39 is 41.7 Å². The van der Waals surface area contributed by atoms with E-state index in [1.54, 1.807) is 10.7 Å². The molecule has 0 spiro atoms. The Balaban J connectivity index is 1.61. The Hall–Kier alpha value is -3.09. The lowest BCUT2D eigenvalue weighted by molar-refractivity contribution is -0.143. The number of hydrogen-bond acceptors (Lipinski definition) is 5. The molecule has 0 aliphatic carbocycles. The Morgan fingerprint density at radius 1 is 1.00 bits per heavy atom. The van der Waals surface area contributed by atoms with Crippen LogP contribution in [0.5, 0.6) is 0 Å². The zero-order valence-corrected chi connectivity index (χ0v) is 22.7. The molecule has 0 bridgehead atoms. The fraction of sp³-hybridized carbons (Fsp3) is 0.593. The topological polar surface area (TPSA) is 76.5 Å². The minimum absolute atomic E-state index is 0.0168. The van der Waals surface area contributed by atoms with Crippen molar-refractivity contribution in [2.24, 2.45) is 5.92 Å². The van der Waals surface area contributed by atoms with Gasteiger partial charge in [-0.05, 0) is 69.0 Å². The number of amides is 1. The van der Waals surface area contributed by atoms with Crippen molar-refractivity contribution in [2.45, 2.75) is 84.5 Å². The van der Waals surface area contributed by atoms with E-state index >= 15 is 0 Å². The largest absolute Gasteiger partial charge is 0.445 e. The summed E-state index contributed by atoms with van der Waals surface area (Å²) in [4.78, 5) is 27.0. The molecule has 2 heterocycles. The van der Waals surface area contributed by atoms with Crippen molar-refractivity contribution in [3.63, 3.8) is 0 Å². The van der Waals surface area contributed by atoms with Crippen LogP contribution in [0.3, 0.4) is 0 Å². The van der Waals surface area contributed by atoms with Gasteiger partial charge in [-0.15, -0.1) is 0 Å². The smallest absolute Gasteiger partial charge is 0.416 e. The second kappa shape index (κ2) is 13.0. The van der Waals surface area contributed by atoms with E-state index in [9.17, 15) is 35.9 Å². The van der Waals surface area contributed by atoms with Gasteiger partial charge >= 0.3 is 18.4 Å². The zero-order chi connectivity index (χ0) is 29.7. The zero-order valence-electron chi connectivity index (χ0n) is 22.7. The standard InChI is InChI=1S/C27H34F6N4O3/c1-4-17(3)34-8-6-7-19(5-2)24(38)23-14-22-15-36(9-10-37(22)35-23)25(39)40-16-18-11-20(26(28,29)30)13-21(12-18)27(31,32)33/h11-14,17,19,34H,4-10,15-16H2,1-3H3. The first-order valence-corrected chi connectivity index (χ1v) is 13.3. The molecule has 2 atom stereocenters. The number of nitrogens with zero attached hydrogens (tertiary/aromatic N) is 3. The fourth-order valence-electron chi connectivity index (χ4n) is 4.45. The molecule has 0 radical (unpaired) electrons. The summed E-state index contributed by atoms with van der Waals surface area (Å²) in [7, 11) is 0. The quantitative estimate of drug-likeness (QED) is 0.189. The summed E-state index contributed by atoms with van der Waals surface area (Å²) in [5.74, 6) is -0.266. The number of alkyl halides is 6. The molecule has 1 aliphatic rings. The summed E-state index contributed by atoms with van der Waals surface area (Å²) in [6.45, 7) is 6.63. The summed E-state index contributed by atoms with van der Waals surface area (Å²) in [6, 6.07) is 3.09. The van der Waals surface area contributed by atoms with Crippen LogP contribution in [-0.2, 0) is 36.8 Å². The van der Waals surface area contributed by atoms with Crippen LogP contribution in [0.15, 0.2) is 24.3 Å². The maximum atomic E-state index is 13.1. The number of ether oxygens (including phenoxy) is 1. The molecule has 1 aromatic heterocycles. The number of carbonyl (C=O) groups excluding carboxylic acids is 2. The first-order chi connectivity index (χ1) is 18.7. The van der Waals surface area contributed by atoms with Gasteiger partial charge in [0.1, 0.15) is 12.3 Å². The summed E-state index contributed by atoms with van der Waals surface area (Å²) in [5, 5.41) is 7.81. The third-order valence-corrected chi connectivity index (χ3v) is 7.02. The number of Topliss-reactive ketones (excluding diaryl/α,β-unsaturated/α-hetero) is 1. The van der Waals surface area contributed by atoms with Gasteiger partial charge in [0, 0.05) is 18.5 Å². The number of halogens is 6. The molecule has 13 heteroatoms. The molecule has 222 valence electrons. The normalized spacial score (nSPS) is 15.5. The van der Waals surface area contributed by atoms with E-state index in [-0.39, 0.29) is 37.4 Å². The van der Waals surface area contributed by atoms with Gasteiger partial charge in [-0.3, -0.25) is 9.48 Å². The molecule has 0 saturated carbocycles. The molecule has 0 saturated heterocycles. The lowest BCUT2D eigenvalue weighted by Gasteiger charge is -2.27. The van der Waals surface area contributed by atoms with Crippen molar-refractivity contribution in [3.8, 4) is 0 Å². The molecule has 40 heavy (non-hydrogen) atoms. The highest BCUT2D eigenvalue weighted by molar-refractivity contribution is 5.96. The van der Waals surface area contributed by atoms with Gasteiger partial charge in [-0.2, -0.15) is 31.4 Å². The molecular weight excluding hydrogens is 542 g/mol. The third-order valence-electron chi connectivity index (χ3n) is 7.02. The van der Waals surface area contributed by atoms with Crippen LogP contribution in [0.4, 0.5) is 31.1 Å². The predicted octanol–water partition coefficient (Wildman–Crippen LogP) is 6.45. The molecule has 1 aromatic carbocycles. The molecule has 1 amide bonds. The molecule has 1 aliphatic heterocycles. The van der Waals surface area contributed by atoms with Crippen LogP contribution in [0.1, 0.15) is 79.3 Å². The van der Waals surface area contributed by atoms with E-state index in [0.29, 0.717) is 42.4 Å². The second-order valence-corrected chi connectivity index (χ2v) is 10.0. The number of benzene rings is 1. The molecule has 2 unspecified atom stereocenters. The van der Waals surface area contributed by atoms with Crippen molar-refractivity contribution in [1.82, 2.24) is 20.0 Å². The van der Waals surface area contributed by atoms with Crippen LogP contribution in [0.2, 0.25) is 0 Å². The van der Waals surface area contributed by atoms with Crippen molar-refractivity contribution in [2.75, 3.05) is 13.1 Å². The van der Waals surface area contributed by atoms with Crippen molar-refractivity contribution in [3.05, 3.63) is 52.3 Å². The second-order valence-electron chi connectivity index (χ2n) is 10.0. The molecular formula is C27H34F6N4O3. The number of hydrogen-bond donors (Lipinski definition) is 1. The van der Waals surface area contributed by atoms with Crippen LogP contribution >= 0.6 is 0 Å². The number of carbonyl (C=O) groups is 2. The third kappa shape index (κ3) is 8.21. The van der Waals surface area contributed by atoms with Crippen LogP contribution in [0.25, 0.3) is 0 Å². The number of nitrogens with one attached hydrogen (secondary N) is 1. The highest BCUT2D eigenvalue weighted by Crippen LogP contribution is 2.36. The van der Waals surface area contributed by atoms with Gasteiger partial charge in [0.2, 0.25) is 0 Å². The number of aromatic nitrogens is 2. The van der Waals surface area contributed by atoms with E-state index in [2.05, 4.69) is 24.3 Å². The Labute approximate surface area is 228 Å². The van der Waals surface area contributed by atoms with Crippen LogP contribution in [-0.4, -0.2) is 45.7 Å². The maximum absolute atomic E-state index is 13.1. The average molecular weight is 577 g/mol. The fourth-order valence-corrected chi connectivity index (χ4v) is 4.45. The highest BCUT2D eigenvalue weighted by atomic mass is 19.4. The highest BCUT2D eigenvalue weighted by Gasteiger charge is 2.37. The molecule has 2 aromatic rings. The van der Waals surface area contributed by atoms with Crippen molar-refractivity contribution >= 4 is 11.9 Å². The first-order valence-electron chi connectivity index (χ1n) is 13.3. The number of ketones is 1. The summed E-state index contributed by atoms with van der Waals surface area (Å²) >= 11 is 0. The van der Waals surface area contributed by atoms with Crippen LogP contribution < -0.4 is 5.32 Å². The van der Waals surface area contributed by atoms with Crippen molar-refractivity contribution in [1.29, 1.82) is 0 Å². The SMILES string of the molecule is CCC(C)NCCCC(CC)C(=O)c1cc2n(n1)CCN(C(=O)OCc1cc(C(F)(F)F)cc(C(F)(F)F)c1)C2. The Morgan fingerprint density at radius 3 is 2.23 bits per heavy atom. The van der Waals surface area contributed by atoms with Crippen LogP contribution in [0, 0.1) is 5.92 Å². The van der Waals surface area contributed by atoms with E-state index in [1.807, 2.05) is 6.92 Å². The van der Waals surface area contributed by atoms with Gasteiger partial charge in [0.25, 0.3) is 0 Å². The van der Waals surface area contributed by atoms with Gasteiger partial charge < -0.3 is 15.0 Å². The van der Waals surface area contributed by atoms with Gasteiger partial charge in [0.15, 0.2) is 5.78 Å². The summed E-state index contributed by atoms with van der Waals surface area (Å²) in [5.41, 5.74) is -2.52. The molecule has 7 nitrogen and oxygen atoms in total. The minimum atomic E-state index is -5.00. The molecule has 0 fully saturated rings. The number of rotatable bonds is 11. The van der Waals surface area contributed by atoms with Gasteiger partial charge in [-0.1, -0.05) is 13.8 Å². The summed E-state index contributed by atoms with van der Waals surface area (Å²) < 4.78 is 85.3. The predicted molar refractivity (Wildman–Crippen MR) is 134 cm³/mol. The molecule has 3 rings (SSSR count). The number of fused-ring (bicyclic) bond motifs is 1. The maximum Gasteiger partial charge on any atom is 0.416 e. The van der Waals surface area contributed by atoms with Crippen molar-refractivity contribution < 1.29 is 40.7 Å². The Kier molecular flexibility index (Phi) is 10.3. The minimum Gasteiger partial charge on any atom is -0.445 e. The van der Waals surface area contributed by atoms with E-state index in [1.165, 1.54) is 4.90 Å². The van der Waals surface area contributed by atoms with E-state index in [4.69, 9.17) is 4.74 Å². The monoisotopic (exact) mass is 576 g/mol. The van der Waals surface area contributed by atoms with E-state index in [0.717, 1.165) is 19.4 Å². The lowest BCUT2D eigenvalue weighted by Crippen LogP contribution is -2.38. The lowest BCUT2D eigenvalue weighted by atomic mass is 9.93. The first kappa shape index (κ1) is 31.4. The van der Waals surface area contributed by atoms with Gasteiger partial charge in [-0.25, -0.2) is 4.79 Å². The Morgan fingerprint density at radius 2 is 1.65 bits per heavy atom. The van der Waals surface area contributed by atoms with Gasteiger partial charge in [0.05, 0.1) is 29.9 Å². The Bertz CT molecular complexity index is 1150.